The molecule has 3 N–H and O–H groups in total. The molecular formula is C15H18N4O. The van der Waals surface area contributed by atoms with Gasteiger partial charge in [-0.2, -0.15) is 0 Å². The Balaban J connectivity index is 2.25. The summed E-state index contributed by atoms with van der Waals surface area (Å²) in [6.07, 6.45) is 2.90. The highest BCUT2D eigenvalue weighted by atomic mass is 16.5. The molecule has 1 aromatic heterocycles. The average Bonchev–Trinajstić information content (AvgIpc) is 2.41. The van der Waals surface area contributed by atoms with E-state index in [-0.39, 0.29) is 5.84 Å². The van der Waals surface area contributed by atoms with Gasteiger partial charge in [0.1, 0.15) is 17.3 Å². The zero-order valence-corrected chi connectivity index (χ0v) is 11.8. The van der Waals surface area contributed by atoms with Crippen LogP contribution in [0.2, 0.25) is 0 Å². The molecular weight excluding hydrogens is 252 g/mol. The van der Waals surface area contributed by atoms with Gasteiger partial charge in [0.15, 0.2) is 0 Å². The fraction of sp³-hybridized carbons (Fsp3) is 0.267. The molecule has 0 unspecified atom stereocenters. The highest BCUT2D eigenvalue weighted by Crippen LogP contribution is 2.27. The summed E-state index contributed by atoms with van der Waals surface area (Å²) in [5.74, 6) is 1.48. The predicted molar refractivity (Wildman–Crippen MR) is 78.4 cm³/mol. The third-order valence-corrected chi connectivity index (χ3v) is 3.00. The fourth-order valence-corrected chi connectivity index (χ4v) is 1.71. The lowest BCUT2D eigenvalue weighted by Crippen LogP contribution is -2.13. The van der Waals surface area contributed by atoms with Crippen LogP contribution < -0.4 is 10.5 Å². The molecule has 2 aromatic rings. The maximum absolute atomic E-state index is 7.27. The number of aromatic nitrogens is 2. The Morgan fingerprint density at radius 3 is 2.55 bits per heavy atom. The smallest absolute Gasteiger partial charge is 0.237 e. The Hall–Kier alpha value is -2.43. The van der Waals surface area contributed by atoms with E-state index in [0.717, 1.165) is 11.3 Å². The lowest BCUT2D eigenvalue weighted by Gasteiger charge is -2.11. The molecule has 5 nitrogen and oxygen atoms in total. The highest BCUT2D eigenvalue weighted by molar-refractivity contribution is 5.92. The molecule has 0 saturated carbocycles. The van der Waals surface area contributed by atoms with Crippen LogP contribution in [-0.4, -0.2) is 15.8 Å². The van der Waals surface area contributed by atoms with Crippen LogP contribution in [0.15, 0.2) is 30.6 Å². The van der Waals surface area contributed by atoms with E-state index in [4.69, 9.17) is 15.9 Å². The first-order chi connectivity index (χ1) is 9.47. The zero-order valence-electron chi connectivity index (χ0n) is 11.8. The molecule has 1 aromatic carbocycles. The van der Waals surface area contributed by atoms with E-state index in [2.05, 4.69) is 29.9 Å². The first kappa shape index (κ1) is 14.0. The topological polar surface area (TPSA) is 84.9 Å². The van der Waals surface area contributed by atoms with Crippen molar-refractivity contribution in [3.63, 3.8) is 0 Å². The molecule has 0 bridgehead atoms. The first-order valence-electron chi connectivity index (χ1n) is 6.42. The van der Waals surface area contributed by atoms with Gasteiger partial charge in [-0.1, -0.05) is 26.0 Å². The minimum Gasteiger partial charge on any atom is -0.437 e. The molecule has 0 amide bonds. The monoisotopic (exact) mass is 270 g/mol. The minimum absolute atomic E-state index is 0.109. The van der Waals surface area contributed by atoms with Crippen molar-refractivity contribution in [1.29, 1.82) is 5.41 Å². The number of ether oxygens (including phenoxy) is 1. The summed E-state index contributed by atoms with van der Waals surface area (Å²) >= 11 is 0. The average molecular weight is 270 g/mol. The van der Waals surface area contributed by atoms with Gasteiger partial charge in [-0.05, 0) is 30.0 Å². The van der Waals surface area contributed by atoms with Crippen LogP contribution in [0.4, 0.5) is 0 Å². The van der Waals surface area contributed by atoms with Crippen molar-refractivity contribution in [3.05, 3.63) is 47.4 Å². The molecule has 0 fully saturated rings. The summed E-state index contributed by atoms with van der Waals surface area (Å²) in [6.45, 7) is 6.25. The Morgan fingerprint density at radius 1 is 1.25 bits per heavy atom. The molecule has 5 heteroatoms. The van der Waals surface area contributed by atoms with Crippen molar-refractivity contribution in [2.24, 2.45) is 5.73 Å². The minimum atomic E-state index is -0.109. The Labute approximate surface area is 118 Å². The van der Waals surface area contributed by atoms with E-state index in [9.17, 15) is 0 Å². The molecule has 0 atom stereocenters. The van der Waals surface area contributed by atoms with E-state index < -0.39 is 0 Å². The number of nitrogens with one attached hydrogen (secondary N) is 1. The summed E-state index contributed by atoms with van der Waals surface area (Å²) in [5.41, 5.74) is 7.91. The van der Waals surface area contributed by atoms with Crippen molar-refractivity contribution >= 4 is 5.84 Å². The van der Waals surface area contributed by atoms with Crippen LogP contribution in [0.25, 0.3) is 0 Å². The zero-order chi connectivity index (χ0) is 14.7. The molecule has 0 spiro atoms. The van der Waals surface area contributed by atoms with Gasteiger partial charge in [-0.25, -0.2) is 9.97 Å². The van der Waals surface area contributed by atoms with Gasteiger partial charge in [0.05, 0.1) is 12.4 Å². The third kappa shape index (κ3) is 3.12. The maximum atomic E-state index is 7.27. The van der Waals surface area contributed by atoms with E-state index in [1.807, 2.05) is 19.1 Å². The molecule has 2 rings (SSSR count). The number of hydrogen-bond acceptors (Lipinski definition) is 4. The molecule has 0 aliphatic carbocycles. The second kappa shape index (κ2) is 5.69. The van der Waals surface area contributed by atoms with Crippen molar-refractivity contribution in [1.82, 2.24) is 9.97 Å². The standard InChI is InChI=1S/C15H18N4O/c1-9(2)11-5-4-10(3)13(6-11)20-14-8-18-12(7-19-14)15(16)17/h4-9H,1-3H3,(H3,16,17). The summed E-state index contributed by atoms with van der Waals surface area (Å²) in [6, 6.07) is 6.14. The van der Waals surface area contributed by atoms with Gasteiger partial charge in [0, 0.05) is 0 Å². The van der Waals surface area contributed by atoms with Crippen LogP contribution >= 0.6 is 0 Å². The molecule has 20 heavy (non-hydrogen) atoms. The Morgan fingerprint density at radius 2 is 2.00 bits per heavy atom. The van der Waals surface area contributed by atoms with Gasteiger partial charge in [-0.15, -0.1) is 0 Å². The Kier molecular flexibility index (Phi) is 3.98. The molecule has 0 aliphatic rings. The number of benzene rings is 1. The predicted octanol–water partition coefficient (Wildman–Crippen LogP) is 2.98. The number of rotatable bonds is 4. The molecule has 104 valence electrons. The number of hydrogen-bond donors (Lipinski definition) is 2. The van der Waals surface area contributed by atoms with Crippen LogP contribution in [0.1, 0.15) is 36.6 Å². The molecule has 0 saturated heterocycles. The van der Waals surface area contributed by atoms with Gasteiger partial charge in [0.2, 0.25) is 5.88 Å². The third-order valence-electron chi connectivity index (χ3n) is 3.00. The van der Waals surface area contributed by atoms with Crippen LogP contribution in [0, 0.1) is 12.3 Å². The summed E-state index contributed by atoms with van der Waals surface area (Å²) in [4.78, 5) is 8.13. The van der Waals surface area contributed by atoms with Gasteiger partial charge in [0.25, 0.3) is 0 Å². The van der Waals surface area contributed by atoms with Crippen molar-refractivity contribution in [2.75, 3.05) is 0 Å². The van der Waals surface area contributed by atoms with Crippen LogP contribution in [-0.2, 0) is 0 Å². The molecule has 1 heterocycles. The fourth-order valence-electron chi connectivity index (χ4n) is 1.71. The van der Waals surface area contributed by atoms with Gasteiger partial charge < -0.3 is 10.5 Å². The maximum Gasteiger partial charge on any atom is 0.237 e. The molecule has 0 aliphatic heterocycles. The quantitative estimate of drug-likeness (QED) is 0.660. The van der Waals surface area contributed by atoms with E-state index in [1.165, 1.54) is 18.0 Å². The van der Waals surface area contributed by atoms with Crippen molar-refractivity contribution in [3.8, 4) is 11.6 Å². The number of nitrogens with zero attached hydrogens (tertiary/aromatic N) is 2. The van der Waals surface area contributed by atoms with E-state index in [1.54, 1.807) is 0 Å². The number of aryl methyl sites for hydroxylation is 1. The second-order valence-electron chi connectivity index (χ2n) is 4.94. The molecule has 0 radical (unpaired) electrons. The largest absolute Gasteiger partial charge is 0.437 e. The number of nitrogen functional groups attached to an aromatic ring is 1. The van der Waals surface area contributed by atoms with Crippen LogP contribution in [0.3, 0.4) is 0 Å². The second-order valence-corrected chi connectivity index (χ2v) is 4.94. The van der Waals surface area contributed by atoms with Gasteiger partial charge in [-0.3, -0.25) is 5.41 Å². The normalized spacial score (nSPS) is 10.6. The van der Waals surface area contributed by atoms with Crippen molar-refractivity contribution in [2.45, 2.75) is 26.7 Å². The highest BCUT2D eigenvalue weighted by Gasteiger charge is 2.07. The van der Waals surface area contributed by atoms with Crippen molar-refractivity contribution < 1.29 is 4.74 Å². The number of amidine groups is 1. The SMILES string of the molecule is Cc1ccc(C(C)C)cc1Oc1cnc(C(=N)N)cn1. The van der Waals surface area contributed by atoms with Crippen LogP contribution in [0.5, 0.6) is 11.6 Å². The summed E-state index contributed by atoms with van der Waals surface area (Å²) in [5, 5.41) is 7.27. The lowest BCUT2D eigenvalue weighted by molar-refractivity contribution is 0.455. The van der Waals surface area contributed by atoms with E-state index >= 15 is 0 Å². The summed E-state index contributed by atoms with van der Waals surface area (Å²) < 4.78 is 5.75. The van der Waals surface area contributed by atoms with E-state index in [0.29, 0.717) is 17.5 Å². The lowest BCUT2D eigenvalue weighted by atomic mass is 10.0. The number of nitrogens with two attached hydrogens (primary N) is 1. The first-order valence-corrected chi connectivity index (χ1v) is 6.42. The van der Waals surface area contributed by atoms with Gasteiger partial charge >= 0.3 is 0 Å². The summed E-state index contributed by atoms with van der Waals surface area (Å²) in [7, 11) is 0. The Bertz CT molecular complexity index is 620.